The number of fused-ring (bicyclic) bond motifs is 1. The number of halogens is 1. The van der Waals surface area contributed by atoms with Gasteiger partial charge in [0, 0.05) is 44.0 Å². The van der Waals surface area contributed by atoms with Gasteiger partial charge in [-0.25, -0.2) is 14.2 Å². The summed E-state index contributed by atoms with van der Waals surface area (Å²) >= 11 is 0. The zero-order valence-corrected chi connectivity index (χ0v) is 22.5. The lowest BCUT2D eigenvalue weighted by Gasteiger charge is -2.29. The highest BCUT2D eigenvalue weighted by Crippen LogP contribution is 2.37. The lowest BCUT2D eigenvalue weighted by Crippen LogP contribution is -2.35. The SMILES string of the molecule is CN1CCC[C@@H](COc2nc(-c3ccc(C#N)cc3)c(-c3ccc(CCN(C)C(=O)O)c(F)c3)c3nccn23)C1. The van der Waals surface area contributed by atoms with Gasteiger partial charge in [0.1, 0.15) is 5.82 Å². The summed E-state index contributed by atoms with van der Waals surface area (Å²) in [5, 5.41) is 18.4. The molecule has 5 rings (SSSR count). The molecule has 0 bridgehead atoms. The van der Waals surface area contributed by atoms with Crippen LogP contribution in [0.5, 0.6) is 6.01 Å². The largest absolute Gasteiger partial charge is 0.465 e. The Kier molecular flexibility index (Phi) is 7.94. The van der Waals surface area contributed by atoms with Gasteiger partial charge in [-0.05, 0) is 62.2 Å². The zero-order valence-electron chi connectivity index (χ0n) is 22.5. The summed E-state index contributed by atoms with van der Waals surface area (Å²) in [6.07, 6.45) is 4.85. The average molecular weight is 543 g/mol. The second-order valence-corrected chi connectivity index (χ2v) is 10.3. The number of likely N-dealkylation sites (tertiary alicyclic amines) is 1. The molecular formula is C30H31FN6O3. The Labute approximate surface area is 232 Å². The number of nitrogens with zero attached hydrogens (tertiary/aromatic N) is 6. The minimum Gasteiger partial charge on any atom is -0.465 e. The number of carbonyl (C=O) groups is 1. The van der Waals surface area contributed by atoms with Gasteiger partial charge in [-0.1, -0.05) is 24.3 Å². The van der Waals surface area contributed by atoms with E-state index >= 15 is 4.39 Å². The molecule has 0 unspecified atom stereocenters. The summed E-state index contributed by atoms with van der Waals surface area (Å²) in [6.45, 7) is 2.74. The third kappa shape index (κ3) is 5.75. The van der Waals surface area contributed by atoms with E-state index in [1.165, 1.54) is 13.1 Å². The molecule has 2 aromatic carbocycles. The highest BCUT2D eigenvalue weighted by atomic mass is 19.1. The molecule has 0 radical (unpaired) electrons. The minimum absolute atomic E-state index is 0.178. The topological polar surface area (TPSA) is 107 Å². The van der Waals surface area contributed by atoms with Gasteiger partial charge in [0.15, 0.2) is 5.65 Å². The second kappa shape index (κ2) is 11.7. The third-order valence-corrected chi connectivity index (χ3v) is 7.36. The molecule has 0 aliphatic carbocycles. The maximum absolute atomic E-state index is 15.3. The van der Waals surface area contributed by atoms with E-state index in [1.54, 1.807) is 41.1 Å². The Hall–Kier alpha value is -4.49. The van der Waals surface area contributed by atoms with E-state index in [9.17, 15) is 10.1 Å². The predicted octanol–water partition coefficient (Wildman–Crippen LogP) is 4.95. The van der Waals surface area contributed by atoms with Gasteiger partial charge in [-0.2, -0.15) is 10.2 Å². The molecular weight excluding hydrogens is 511 g/mol. The smallest absolute Gasteiger partial charge is 0.407 e. The zero-order chi connectivity index (χ0) is 28.2. The number of benzene rings is 2. The average Bonchev–Trinajstić information content (AvgIpc) is 3.45. The predicted molar refractivity (Wildman–Crippen MR) is 149 cm³/mol. The van der Waals surface area contributed by atoms with E-state index in [4.69, 9.17) is 14.8 Å². The van der Waals surface area contributed by atoms with E-state index < -0.39 is 11.9 Å². The van der Waals surface area contributed by atoms with Gasteiger partial charge in [-0.15, -0.1) is 0 Å². The van der Waals surface area contributed by atoms with Crippen molar-refractivity contribution in [2.75, 3.05) is 40.3 Å². The lowest BCUT2D eigenvalue weighted by molar-refractivity contribution is 0.143. The molecule has 10 heteroatoms. The summed E-state index contributed by atoms with van der Waals surface area (Å²) in [4.78, 5) is 24.1. The van der Waals surface area contributed by atoms with E-state index in [2.05, 4.69) is 23.0 Å². The van der Waals surface area contributed by atoms with Crippen molar-refractivity contribution in [1.29, 1.82) is 5.26 Å². The molecule has 2 aromatic heterocycles. The number of aromatic nitrogens is 3. The first-order valence-electron chi connectivity index (χ1n) is 13.3. The van der Waals surface area contributed by atoms with Crippen LogP contribution in [0.1, 0.15) is 24.0 Å². The number of hydrogen-bond acceptors (Lipinski definition) is 6. The summed E-state index contributed by atoms with van der Waals surface area (Å²) in [6, 6.07) is 14.5. The first-order chi connectivity index (χ1) is 19.3. The molecule has 1 N–H and O–H groups in total. The number of rotatable bonds is 8. The van der Waals surface area contributed by atoms with Gasteiger partial charge in [0.05, 0.1) is 29.5 Å². The van der Waals surface area contributed by atoms with Gasteiger partial charge < -0.3 is 19.6 Å². The van der Waals surface area contributed by atoms with Crippen molar-refractivity contribution in [2.45, 2.75) is 19.3 Å². The maximum Gasteiger partial charge on any atom is 0.407 e. The molecule has 0 saturated carbocycles. The van der Waals surface area contributed by atoms with E-state index in [1.807, 2.05) is 12.1 Å². The van der Waals surface area contributed by atoms with Crippen LogP contribution in [0.3, 0.4) is 0 Å². The summed E-state index contributed by atoms with van der Waals surface area (Å²) in [5.74, 6) is -0.0486. The molecule has 1 fully saturated rings. The van der Waals surface area contributed by atoms with Crippen LogP contribution in [-0.2, 0) is 6.42 Å². The fourth-order valence-electron chi connectivity index (χ4n) is 5.12. The highest BCUT2D eigenvalue weighted by Gasteiger charge is 2.23. The summed E-state index contributed by atoms with van der Waals surface area (Å²) < 4.78 is 23.4. The maximum atomic E-state index is 15.3. The fourth-order valence-corrected chi connectivity index (χ4v) is 5.12. The molecule has 1 atom stereocenters. The molecule has 1 saturated heterocycles. The molecule has 1 amide bonds. The highest BCUT2D eigenvalue weighted by molar-refractivity contribution is 5.90. The monoisotopic (exact) mass is 542 g/mol. The third-order valence-electron chi connectivity index (χ3n) is 7.36. The van der Waals surface area contributed by atoms with Gasteiger partial charge in [0.25, 0.3) is 0 Å². The number of amides is 1. The molecule has 3 heterocycles. The molecule has 40 heavy (non-hydrogen) atoms. The minimum atomic E-state index is -1.06. The quantitative estimate of drug-likeness (QED) is 0.336. The number of ether oxygens (including phenoxy) is 1. The second-order valence-electron chi connectivity index (χ2n) is 10.3. The lowest BCUT2D eigenvalue weighted by atomic mass is 9.97. The van der Waals surface area contributed by atoms with Crippen molar-refractivity contribution in [1.82, 2.24) is 24.2 Å². The van der Waals surface area contributed by atoms with Crippen molar-refractivity contribution >= 4 is 11.7 Å². The number of piperidine rings is 1. The van der Waals surface area contributed by atoms with Gasteiger partial charge in [-0.3, -0.25) is 4.40 Å². The molecule has 4 aromatic rings. The molecule has 0 spiro atoms. The van der Waals surface area contributed by atoms with Gasteiger partial charge >= 0.3 is 12.1 Å². The summed E-state index contributed by atoms with van der Waals surface area (Å²) in [5.41, 5.74) is 4.03. The normalized spacial score (nSPS) is 15.6. The standard InChI is InChI=1S/C30H31FN6O3/c1-35-13-3-4-21(18-35)19-40-29-34-27(23-7-5-20(17-32)6-8-23)26(28-33-12-15-37(28)29)24-10-9-22(25(31)16-24)11-14-36(2)30(38)39/h5-10,12,15-16,21H,3-4,11,13-14,18-19H2,1-2H3,(H,38,39)/t21-/m1/s1. The number of hydrogen-bond donors (Lipinski definition) is 1. The Morgan fingerprint density at radius 3 is 2.73 bits per heavy atom. The van der Waals surface area contributed by atoms with Crippen LogP contribution in [0.2, 0.25) is 0 Å². The van der Waals surface area contributed by atoms with Crippen molar-refractivity contribution in [3.05, 3.63) is 71.8 Å². The first kappa shape index (κ1) is 27.1. The van der Waals surface area contributed by atoms with E-state index in [-0.39, 0.29) is 13.0 Å². The molecule has 1 aliphatic rings. The number of likely N-dealkylation sites (N-methyl/N-ethyl adjacent to an activating group) is 1. The fraction of sp³-hybridized carbons (Fsp3) is 0.333. The molecule has 9 nitrogen and oxygen atoms in total. The molecule has 1 aliphatic heterocycles. The number of carboxylic acid groups (broad SMARTS) is 1. The van der Waals surface area contributed by atoms with Crippen molar-refractivity contribution in [3.63, 3.8) is 0 Å². The van der Waals surface area contributed by atoms with Crippen LogP contribution in [0.25, 0.3) is 28.0 Å². The van der Waals surface area contributed by atoms with Crippen LogP contribution in [0.15, 0.2) is 54.9 Å². The van der Waals surface area contributed by atoms with Crippen LogP contribution < -0.4 is 4.74 Å². The van der Waals surface area contributed by atoms with Crippen LogP contribution in [-0.4, -0.2) is 75.7 Å². The van der Waals surface area contributed by atoms with Crippen LogP contribution in [0, 0.1) is 23.1 Å². The Bertz CT molecular complexity index is 1560. The van der Waals surface area contributed by atoms with Gasteiger partial charge in [0.2, 0.25) is 0 Å². The van der Waals surface area contributed by atoms with Crippen LogP contribution >= 0.6 is 0 Å². The van der Waals surface area contributed by atoms with E-state index in [0.29, 0.717) is 52.1 Å². The number of imidazole rings is 1. The van der Waals surface area contributed by atoms with Crippen molar-refractivity contribution in [2.24, 2.45) is 5.92 Å². The van der Waals surface area contributed by atoms with Crippen molar-refractivity contribution in [3.8, 4) is 34.5 Å². The van der Waals surface area contributed by atoms with E-state index in [0.717, 1.165) is 36.4 Å². The Morgan fingerprint density at radius 2 is 2.02 bits per heavy atom. The Morgan fingerprint density at radius 1 is 1.25 bits per heavy atom. The Balaban J connectivity index is 1.56. The first-order valence-corrected chi connectivity index (χ1v) is 13.3. The summed E-state index contributed by atoms with van der Waals surface area (Å²) in [7, 11) is 3.57. The number of nitriles is 1. The van der Waals surface area contributed by atoms with Crippen molar-refractivity contribution < 1.29 is 19.0 Å². The van der Waals surface area contributed by atoms with Crippen LogP contribution in [0.4, 0.5) is 9.18 Å². The molecule has 206 valence electrons.